The van der Waals surface area contributed by atoms with Gasteiger partial charge in [-0.3, -0.25) is 0 Å². The Labute approximate surface area is 101 Å². The number of aliphatic hydroxyl groups excluding tert-OH is 1. The number of carbonyl (C=O) groups is 1. The predicted molar refractivity (Wildman–Crippen MR) is 63.2 cm³/mol. The first kappa shape index (κ1) is 12.1. The maximum absolute atomic E-state index is 11.8. The van der Waals surface area contributed by atoms with Crippen molar-refractivity contribution < 1.29 is 14.7 Å². The third kappa shape index (κ3) is 3.28. The van der Waals surface area contributed by atoms with Crippen molar-refractivity contribution in [2.24, 2.45) is 5.92 Å². The molecular weight excluding hydrogens is 218 g/mol. The number of nitrogens with zero attached hydrogens (tertiary/aromatic N) is 1. The third-order valence-corrected chi connectivity index (χ3v) is 2.96. The van der Waals surface area contributed by atoms with Gasteiger partial charge in [0.05, 0.1) is 5.56 Å². The van der Waals surface area contributed by atoms with Gasteiger partial charge in [-0.2, -0.15) is 0 Å². The van der Waals surface area contributed by atoms with Crippen molar-refractivity contribution in [3.63, 3.8) is 0 Å². The molecule has 0 spiro atoms. The fourth-order valence-corrected chi connectivity index (χ4v) is 2.00. The summed E-state index contributed by atoms with van der Waals surface area (Å²) in [4.78, 5) is 17.1. The predicted octanol–water partition coefficient (Wildman–Crippen LogP) is 1.46. The summed E-state index contributed by atoms with van der Waals surface area (Å²) >= 11 is 0. The molecule has 2 rings (SSSR count). The maximum Gasteiger partial charge on any atom is 0.357 e. The highest BCUT2D eigenvalue weighted by atomic mass is 16.7. The maximum atomic E-state index is 11.8. The molecular formula is C13H17NO3. The number of carbonyl (C=O) groups excluding carboxylic acids is 1. The Morgan fingerprint density at radius 1 is 1.41 bits per heavy atom. The number of benzene rings is 1. The van der Waals surface area contributed by atoms with Crippen LogP contribution in [0.15, 0.2) is 30.3 Å². The van der Waals surface area contributed by atoms with Gasteiger partial charge in [-0.15, -0.1) is 5.06 Å². The van der Waals surface area contributed by atoms with Gasteiger partial charge in [0.2, 0.25) is 0 Å². The van der Waals surface area contributed by atoms with Crippen LogP contribution in [0.1, 0.15) is 23.2 Å². The van der Waals surface area contributed by atoms with Crippen LogP contribution in [-0.2, 0) is 4.84 Å². The van der Waals surface area contributed by atoms with E-state index in [0.29, 0.717) is 12.1 Å². The summed E-state index contributed by atoms with van der Waals surface area (Å²) in [5.41, 5.74) is 0.554. The van der Waals surface area contributed by atoms with Gasteiger partial charge >= 0.3 is 5.97 Å². The minimum Gasteiger partial charge on any atom is -0.396 e. The van der Waals surface area contributed by atoms with Crippen molar-refractivity contribution >= 4 is 5.97 Å². The zero-order chi connectivity index (χ0) is 12.1. The van der Waals surface area contributed by atoms with Crippen molar-refractivity contribution in [3.05, 3.63) is 35.9 Å². The molecule has 1 heterocycles. The van der Waals surface area contributed by atoms with E-state index in [4.69, 9.17) is 9.94 Å². The molecule has 1 aliphatic rings. The SMILES string of the molecule is O=C(ON1CCC[C@H](CO)C1)c1ccccc1. The Morgan fingerprint density at radius 3 is 2.88 bits per heavy atom. The van der Waals surface area contributed by atoms with E-state index in [-0.39, 0.29) is 18.5 Å². The third-order valence-electron chi connectivity index (χ3n) is 2.96. The first-order chi connectivity index (χ1) is 8.29. The first-order valence-corrected chi connectivity index (χ1v) is 5.92. The Hall–Kier alpha value is -1.39. The summed E-state index contributed by atoms with van der Waals surface area (Å²) in [6.07, 6.45) is 1.95. The molecule has 4 nitrogen and oxygen atoms in total. The molecule has 1 saturated heterocycles. The number of hydrogen-bond acceptors (Lipinski definition) is 4. The standard InChI is InChI=1S/C13H17NO3/c15-10-11-5-4-8-14(9-11)17-13(16)12-6-2-1-3-7-12/h1-3,6-7,11,15H,4-5,8-10H2/t11-/m0/s1. The minimum absolute atomic E-state index is 0.152. The van der Waals surface area contributed by atoms with E-state index in [1.807, 2.05) is 18.2 Å². The molecule has 1 atom stereocenters. The van der Waals surface area contributed by atoms with E-state index in [0.717, 1.165) is 19.4 Å². The lowest BCUT2D eigenvalue weighted by Gasteiger charge is -2.29. The second-order valence-corrected chi connectivity index (χ2v) is 4.32. The lowest BCUT2D eigenvalue weighted by atomic mass is 10.0. The highest BCUT2D eigenvalue weighted by Crippen LogP contribution is 2.16. The van der Waals surface area contributed by atoms with Gasteiger partial charge in [-0.05, 0) is 30.9 Å². The zero-order valence-electron chi connectivity index (χ0n) is 9.71. The molecule has 0 aromatic heterocycles. The summed E-state index contributed by atoms with van der Waals surface area (Å²) < 4.78 is 0. The fraction of sp³-hybridized carbons (Fsp3) is 0.462. The number of rotatable bonds is 3. The number of piperidine rings is 1. The Morgan fingerprint density at radius 2 is 2.18 bits per heavy atom. The summed E-state index contributed by atoms with van der Waals surface area (Å²) in [5, 5.41) is 10.7. The van der Waals surface area contributed by atoms with Gasteiger partial charge in [0.1, 0.15) is 0 Å². The van der Waals surface area contributed by atoms with E-state index in [9.17, 15) is 4.79 Å². The molecule has 1 aliphatic heterocycles. The summed E-state index contributed by atoms with van der Waals surface area (Å²) in [6.45, 7) is 1.52. The second kappa shape index (κ2) is 5.80. The lowest BCUT2D eigenvalue weighted by Crippen LogP contribution is -2.38. The van der Waals surface area contributed by atoms with E-state index >= 15 is 0 Å². The van der Waals surface area contributed by atoms with E-state index in [2.05, 4.69) is 0 Å². The molecule has 1 fully saturated rings. The molecule has 0 radical (unpaired) electrons. The van der Waals surface area contributed by atoms with Crippen molar-refractivity contribution in [1.29, 1.82) is 0 Å². The van der Waals surface area contributed by atoms with Gasteiger partial charge in [-0.1, -0.05) is 18.2 Å². The molecule has 0 aliphatic carbocycles. The van der Waals surface area contributed by atoms with E-state index in [1.54, 1.807) is 17.2 Å². The van der Waals surface area contributed by atoms with Crippen LogP contribution in [0.2, 0.25) is 0 Å². The quantitative estimate of drug-likeness (QED) is 0.861. The molecule has 1 aromatic carbocycles. The number of hydroxylamine groups is 2. The minimum atomic E-state index is -0.329. The number of hydrogen-bond donors (Lipinski definition) is 1. The molecule has 0 bridgehead atoms. The van der Waals surface area contributed by atoms with Crippen LogP contribution in [0.25, 0.3) is 0 Å². The van der Waals surface area contributed by atoms with E-state index in [1.165, 1.54) is 0 Å². The Balaban J connectivity index is 1.90. The highest BCUT2D eigenvalue weighted by molar-refractivity contribution is 5.89. The second-order valence-electron chi connectivity index (χ2n) is 4.32. The van der Waals surface area contributed by atoms with Crippen LogP contribution in [0.4, 0.5) is 0 Å². The van der Waals surface area contributed by atoms with Crippen LogP contribution in [0.5, 0.6) is 0 Å². The van der Waals surface area contributed by atoms with Crippen LogP contribution in [-0.4, -0.2) is 35.8 Å². The van der Waals surface area contributed by atoms with Gasteiger partial charge in [0, 0.05) is 19.7 Å². The van der Waals surface area contributed by atoms with Gasteiger partial charge in [0.15, 0.2) is 0 Å². The molecule has 0 unspecified atom stereocenters. The smallest absolute Gasteiger partial charge is 0.357 e. The summed E-state index contributed by atoms with van der Waals surface area (Å²) in [6, 6.07) is 8.94. The van der Waals surface area contributed by atoms with Crippen molar-refractivity contribution in [1.82, 2.24) is 5.06 Å². The monoisotopic (exact) mass is 235 g/mol. The van der Waals surface area contributed by atoms with E-state index < -0.39 is 0 Å². The highest BCUT2D eigenvalue weighted by Gasteiger charge is 2.22. The summed E-state index contributed by atoms with van der Waals surface area (Å²) in [7, 11) is 0. The largest absolute Gasteiger partial charge is 0.396 e. The number of aliphatic hydroxyl groups is 1. The van der Waals surface area contributed by atoms with Crippen LogP contribution in [0, 0.1) is 5.92 Å². The molecule has 92 valence electrons. The van der Waals surface area contributed by atoms with Gasteiger partial charge in [-0.25, -0.2) is 4.79 Å². The molecule has 1 N–H and O–H groups in total. The normalized spacial score (nSPS) is 21.1. The zero-order valence-corrected chi connectivity index (χ0v) is 9.71. The lowest BCUT2D eigenvalue weighted by molar-refractivity contribution is -0.134. The van der Waals surface area contributed by atoms with Crippen molar-refractivity contribution in [3.8, 4) is 0 Å². The summed E-state index contributed by atoms with van der Waals surface area (Å²) in [5.74, 6) is -0.114. The molecule has 0 saturated carbocycles. The molecule has 1 aromatic rings. The van der Waals surface area contributed by atoms with Crippen molar-refractivity contribution in [2.45, 2.75) is 12.8 Å². The Bertz CT molecular complexity index is 366. The average Bonchev–Trinajstić information content (AvgIpc) is 2.40. The van der Waals surface area contributed by atoms with Gasteiger partial charge < -0.3 is 9.94 Å². The van der Waals surface area contributed by atoms with Crippen LogP contribution in [0.3, 0.4) is 0 Å². The van der Waals surface area contributed by atoms with Gasteiger partial charge in [0.25, 0.3) is 0 Å². The van der Waals surface area contributed by atoms with Crippen LogP contribution >= 0.6 is 0 Å². The average molecular weight is 235 g/mol. The topological polar surface area (TPSA) is 49.8 Å². The Kier molecular flexibility index (Phi) is 4.12. The fourth-order valence-electron chi connectivity index (χ4n) is 2.00. The van der Waals surface area contributed by atoms with Crippen LogP contribution < -0.4 is 0 Å². The molecule has 17 heavy (non-hydrogen) atoms. The van der Waals surface area contributed by atoms with Crippen molar-refractivity contribution in [2.75, 3.05) is 19.7 Å². The first-order valence-electron chi connectivity index (χ1n) is 5.92. The molecule has 0 amide bonds. The molecule has 4 heteroatoms.